The van der Waals surface area contributed by atoms with Crippen LogP contribution in [0.1, 0.15) is 17.0 Å². The number of aliphatic hydroxyl groups excluding tert-OH is 1. The fraction of sp³-hybridized carbons (Fsp3) is 0.333. The minimum absolute atomic E-state index is 0.137. The molecule has 0 amide bonds. The van der Waals surface area contributed by atoms with Crippen LogP contribution in [-0.4, -0.2) is 37.0 Å². The Morgan fingerprint density at radius 2 is 1.91 bits per heavy atom. The second-order valence-electron chi connectivity index (χ2n) is 5.66. The van der Waals surface area contributed by atoms with E-state index >= 15 is 0 Å². The van der Waals surface area contributed by atoms with E-state index in [4.69, 9.17) is 4.74 Å². The maximum atomic E-state index is 14.3. The van der Waals surface area contributed by atoms with Crippen molar-refractivity contribution in [1.82, 2.24) is 5.32 Å². The standard InChI is InChI=1S/C18H19F2NO2/c19-13-6-7-15(20)14(10-13)17(12-4-2-1-3-5-12)18(22)16-11-21-8-9-23-16/h1-7,10,16-18,21-22H,8-9,11H2. The zero-order valence-electron chi connectivity index (χ0n) is 12.6. The van der Waals surface area contributed by atoms with Crippen LogP contribution in [0.15, 0.2) is 48.5 Å². The molecule has 1 fully saturated rings. The van der Waals surface area contributed by atoms with E-state index in [0.29, 0.717) is 19.7 Å². The molecule has 1 aliphatic rings. The molecule has 3 rings (SSSR count). The Labute approximate surface area is 133 Å². The number of ether oxygens (including phenoxy) is 1. The third kappa shape index (κ3) is 3.58. The molecule has 0 bridgehead atoms. The molecule has 23 heavy (non-hydrogen) atoms. The van der Waals surface area contributed by atoms with Crippen molar-refractivity contribution in [2.75, 3.05) is 19.7 Å². The summed E-state index contributed by atoms with van der Waals surface area (Å²) in [6, 6.07) is 12.4. The van der Waals surface area contributed by atoms with E-state index in [1.165, 1.54) is 0 Å². The third-order valence-corrected chi connectivity index (χ3v) is 4.13. The van der Waals surface area contributed by atoms with Gasteiger partial charge in [-0.2, -0.15) is 0 Å². The number of morpholine rings is 1. The topological polar surface area (TPSA) is 41.5 Å². The van der Waals surface area contributed by atoms with Crippen LogP contribution in [0.4, 0.5) is 8.78 Å². The number of nitrogens with one attached hydrogen (secondary N) is 1. The molecule has 0 aliphatic carbocycles. The van der Waals surface area contributed by atoms with Gasteiger partial charge in [-0.3, -0.25) is 0 Å². The Morgan fingerprint density at radius 1 is 1.13 bits per heavy atom. The summed E-state index contributed by atoms with van der Waals surface area (Å²) >= 11 is 0. The molecule has 0 radical (unpaired) electrons. The van der Waals surface area contributed by atoms with Gasteiger partial charge < -0.3 is 15.2 Å². The second-order valence-corrected chi connectivity index (χ2v) is 5.66. The predicted octanol–water partition coefficient (Wildman–Crippen LogP) is 2.45. The van der Waals surface area contributed by atoms with Crippen LogP contribution in [0.5, 0.6) is 0 Å². The van der Waals surface area contributed by atoms with Crippen LogP contribution < -0.4 is 5.32 Å². The van der Waals surface area contributed by atoms with E-state index < -0.39 is 29.8 Å². The highest BCUT2D eigenvalue weighted by Gasteiger charge is 2.33. The summed E-state index contributed by atoms with van der Waals surface area (Å²) in [5.41, 5.74) is 0.858. The molecule has 0 aromatic heterocycles. The summed E-state index contributed by atoms with van der Waals surface area (Å²) in [5, 5.41) is 13.9. The summed E-state index contributed by atoms with van der Waals surface area (Å²) in [5.74, 6) is -1.77. The van der Waals surface area contributed by atoms with Crippen LogP contribution in [0.2, 0.25) is 0 Å². The molecule has 1 aliphatic heterocycles. The van der Waals surface area contributed by atoms with Crippen LogP contribution in [0.25, 0.3) is 0 Å². The van der Waals surface area contributed by atoms with E-state index in [9.17, 15) is 13.9 Å². The van der Waals surface area contributed by atoms with Crippen LogP contribution >= 0.6 is 0 Å². The summed E-state index contributed by atoms with van der Waals surface area (Å²) in [6.45, 7) is 1.67. The molecule has 2 N–H and O–H groups in total. The Hall–Kier alpha value is -1.82. The summed E-state index contributed by atoms with van der Waals surface area (Å²) in [4.78, 5) is 0. The van der Waals surface area contributed by atoms with Gasteiger partial charge in [-0.15, -0.1) is 0 Å². The van der Waals surface area contributed by atoms with Gasteiger partial charge in [0.15, 0.2) is 0 Å². The lowest BCUT2D eigenvalue weighted by Gasteiger charge is -2.33. The van der Waals surface area contributed by atoms with Gasteiger partial charge in [0.25, 0.3) is 0 Å². The molecule has 3 atom stereocenters. The van der Waals surface area contributed by atoms with Gasteiger partial charge in [-0.25, -0.2) is 8.78 Å². The Bertz CT molecular complexity index is 645. The zero-order chi connectivity index (χ0) is 16.2. The van der Waals surface area contributed by atoms with Gasteiger partial charge in [0.05, 0.1) is 18.8 Å². The Balaban J connectivity index is 2.01. The monoisotopic (exact) mass is 319 g/mol. The maximum absolute atomic E-state index is 14.3. The molecule has 0 spiro atoms. The Morgan fingerprint density at radius 3 is 2.61 bits per heavy atom. The first-order valence-corrected chi connectivity index (χ1v) is 7.67. The first-order chi connectivity index (χ1) is 11.2. The first kappa shape index (κ1) is 16.1. The number of rotatable bonds is 4. The summed E-state index contributed by atoms with van der Waals surface area (Å²) in [6.07, 6.45) is -1.46. The van der Waals surface area contributed by atoms with Crippen molar-refractivity contribution in [3.8, 4) is 0 Å². The molecule has 1 saturated heterocycles. The largest absolute Gasteiger partial charge is 0.389 e. The van der Waals surface area contributed by atoms with Crippen LogP contribution in [0, 0.1) is 11.6 Å². The lowest BCUT2D eigenvalue weighted by molar-refractivity contribution is -0.0579. The first-order valence-electron chi connectivity index (χ1n) is 7.67. The van der Waals surface area contributed by atoms with Gasteiger partial charge in [0.1, 0.15) is 11.6 Å². The lowest BCUT2D eigenvalue weighted by atomic mass is 9.83. The number of benzene rings is 2. The van der Waals surface area contributed by atoms with Gasteiger partial charge in [-0.1, -0.05) is 30.3 Å². The number of aliphatic hydroxyl groups is 1. The van der Waals surface area contributed by atoms with Crippen molar-refractivity contribution in [2.45, 2.75) is 18.1 Å². The van der Waals surface area contributed by atoms with Gasteiger partial charge in [0, 0.05) is 24.6 Å². The molecule has 0 saturated carbocycles. The van der Waals surface area contributed by atoms with Crippen molar-refractivity contribution in [1.29, 1.82) is 0 Å². The van der Waals surface area contributed by atoms with Crippen LogP contribution in [0.3, 0.4) is 0 Å². The molecule has 3 unspecified atom stereocenters. The lowest BCUT2D eigenvalue weighted by Crippen LogP contribution is -2.47. The summed E-state index contributed by atoms with van der Waals surface area (Å²) < 4.78 is 33.5. The fourth-order valence-electron chi connectivity index (χ4n) is 2.99. The van der Waals surface area contributed by atoms with Gasteiger partial charge in [0.2, 0.25) is 0 Å². The number of hydrogen-bond acceptors (Lipinski definition) is 3. The molecular formula is C18H19F2NO2. The van der Waals surface area contributed by atoms with Crippen molar-refractivity contribution in [3.63, 3.8) is 0 Å². The molecule has 5 heteroatoms. The molecule has 1 heterocycles. The molecule has 122 valence electrons. The van der Waals surface area contributed by atoms with E-state index in [1.807, 2.05) is 18.2 Å². The normalized spacial score (nSPS) is 20.9. The van der Waals surface area contributed by atoms with E-state index in [2.05, 4.69) is 5.32 Å². The Kier molecular flexibility index (Phi) is 5.00. The van der Waals surface area contributed by atoms with E-state index in [0.717, 1.165) is 23.8 Å². The SMILES string of the molecule is OC(C1CNCCO1)C(c1ccccc1)c1cc(F)ccc1F. The van der Waals surface area contributed by atoms with Crippen molar-refractivity contribution < 1.29 is 18.6 Å². The smallest absolute Gasteiger partial charge is 0.127 e. The van der Waals surface area contributed by atoms with Gasteiger partial charge in [-0.05, 0) is 23.8 Å². The van der Waals surface area contributed by atoms with E-state index in [-0.39, 0.29) is 5.56 Å². The van der Waals surface area contributed by atoms with Crippen molar-refractivity contribution in [2.24, 2.45) is 0 Å². The predicted molar refractivity (Wildman–Crippen MR) is 83.3 cm³/mol. The van der Waals surface area contributed by atoms with Crippen molar-refractivity contribution in [3.05, 3.63) is 71.3 Å². The van der Waals surface area contributed by atoms with Crippen LogP contribution in [-0.2, 0) is 4.74 Å². The molecule has 2 aromatic rings. The minimum atomic E-state index is -0.985. The highest BCUT2D eigenvalue weighted by molar-refractivity contribution is 5.35. The number of halogens is 2. The fourth-order valence-corrected chi connectivity index (χ4v) is 2.99. The zero-order valence-corrected chi connectivity index (χ0v) is 12.6. The average Bonchev–Trinajstić information content (AvgIpc) is 2.60. The maximum Gasteiger partial charge on any atom is 0.127 e. The molecular weight excluding hydrogens is 300 g/mol. The minimum Gasteiger partial charge on any atom is -0.389 e. The highest BCUT2D eigenvalue weighted by atomic mass is 19.1. The number of hydrogen-bond donors (Lipinski definition) is 2. The van der Waals surface area contributed by atoms with Gasteiger partial charge >= 0.3 is 0 Å². The van der Waals surface area contributed by atoms with Crippen molar-refractivity contribution >= 4 is 0 Å². The quantitative estimate of drug-likeness (QED) is 0.909. The summed E-state index contributed by atoms with van der Waals surface area (Å²) in [7, 11) is 0. The average molecular weight is 319 g/mol. The second kappa shape index (κ2) is 7.17. The third-order valence-electron chi connectivity index (χ3n) is 4.13. The molecule has 3 nitrogen and oxygen atoms in total. The highest BCUT2D eigenvalue weighted by Crippen LogP contribution is 2.32. The van der Waals surface area contributed by atoms with E-state index in [1.54, 1.807) is 12.1 Å². The molecule has 2 aromatic carbocycles.